The van der Waals surface area contributed by atoms with Crippen LogP contribution in [0.25, 0.3) is 10.2 Å². The lowest BCUT2D eigenvalue weighted by molar-refractivity contribution is -0.118. The molecule has 2 rings (SSSR count). The lowest BCUT2D eigenvalue weighted by Gasteiger charge is -2.13. The molecule has 0 aliphatic rings. The maximum absolute atomic E-state index is 11.9. The predicted octanol–water partition coefficient (Wildman–Crippen LogP) is 2.25. The highest BCUT2D eigenvalue weighted by Gasteiger charge is 2.15. The zero-order valence-electron chi connectivity index (χ0n) is 10.4. The van der Waals surface area contributed by atoms with Crippen molar-refractivity contribution in [1.29, 1.82) is 0 Å². The summed E-state index contributed by atoms with van der Waals surface area (Å²) < 4.78 is 6.05. The zero-order chi connectivity index (χ0) is 13.8. The second-order valence-corrected chi connectivity index (χ2v) is 5.26. The van der Waals surface area contributed by atoms with Crippen LogP contribution in [0.15, 0.2) is 17.6 Å². The van der Waals surface area contributed by atoms with Gasteiger partial charge in [0.2, 0.25) is 5.91 Å². The summed E-state index contributed by atoms with van der Waals surface area (Å²) in [5, 5.41) is 3.24. The summed E-state index contributed by atoms with van der Waals surface area (Å²) in [6.45, 7) is 0.290. The molecule has 0 radical (unpaired) electrons. The van der Waals surface area contributed by atoms with E-state index >= 15 is 0 Å². The molecule has 102 valence electrons. The van der Waals surface area contributed by atoms with Crippen LogP contribution in [0.4, 0.5) is 5.69 Å². The fourth-order valence-electron chi connectivity index (χ4n) is 1.69. The molecule has 0 aliphatic carbocycles. The van der Waals surface area contributed by atoms with Gasteiger partial charge in [-0.1, -0.05) is 11.6 Å². The number of halogens is 1. The molecule has 0 bridgehead atoms. The Morgan fingerprint density at radius 3 is 3.11 bits per heavy atom. The summed E-state index contributed by atoms with van der Waals surface area (Å²) in [4.78, 5) is 16.1. The van der Waals surface area contributed by atoms with Crippen LogP contribution in [0.5, 0.6) is 0 Å². The van der Waals surface area contributed by atoms with Gasteiger partial charge in [-0.2, -0.15) is 0 Å². The van der Waals surface area contributed by atoms with Crippen molar-refractivity contribution in [2.75, 3.05) is 19.0 Å². The number of nitrogens with two attached hydrogens (primary N) is 1. The van der Waals surface area contributed by atoms with Crippen LogP contribution in [-0.2, 0) is 9.53 Å². The van der Waals surface area contributed by atoms with Crippen molar-refractivity contribution < 1.29 is 9.53 Å². The third-order valence-corrected chi connectivity index (χ3v) is 3.83. The van der Waals surface area contributed by atoms with Crippen LogP contribution in [0.1, 0.15) is 6.42 Å². The largest absolute Gasteiger partial charge is 0.380 e. The van der Waals surface area contributed by atoms with Crippen LogP contribution >= 0.6 is 22.9 Å². The van der Waals surface area contributed by atoms with Gasteiger partial charge >= 0.3 is 0 Å². The standard InChI is InChI=1S/C12H14ClN3O2S/c1-18-7(5-14)4-10(17)16-11-8(13)2-3-9-12(11)15-6-19-9/h2-3,6-7H,4-5,14H2,1H3,(H,16,17). The van der Waals surface area contributed by atoms with Crippen molar-refractivity contribution in [2.45, 2.75) is 12.5 Å². The van der Waals surface area contributed by atoms with Gasteiger partial charge in [0.25, 0.3) is 0 Å². The zero-order valence-corrected chi connectivity index (χ0v) is 11.9. The van der Waals surface area contributed by atoms with E-state index in [2.05, 4.69) is 10.3 Å². The topological polar surface area (TPSA) is 77.2 Å². The molecule has 7 heteroatoms. The minimum absolute atomic E-state index is 0.184. The van der Waals surface area contributed by atoms with E-state index in [0.717, 1.165) is 4.70 Å². The number of fused-ring (bicyclic) bond motifs is 1. The van der Waals surface area contributed by atoms with Crippen molar-refractivity contribution in [3.05, 3.63) is 22.7 Å². The first-order valence-corrected chi connectivity index (χ1v) is 6.96. The number of thiazole rings is 1. The highest BCUT2D eigenvalue weighted by atomic mass is 35.5. The molecule has 0 fully saturated rings. The fraction of sp³-hybridized carbons (Fsp3) is 0.333. The van der Waals surface area contributed by atoms with Crippen molar-refractivity contribution >= 4 is 44.7 Å². The van der Waals surface area contributed by atoms with Gasteiger partial charge in [-0.15, -0.1) is 11.3 Å². The molecular weight excluding hydrogens is 286 g/mol. The molecule has 1 atom stereocenters. The van der Waals surface area contributed by atoms with Gasteiger partial charge < -0.3 is 15.8 Å². The molecule has 2 aromatic rings. The Balaban J connectivity index is 2.18. The minimum Gasteiger partial charge on any atom is -0.380 e. The molecule has 5 nitrogen and oxygen atoms in total. The Hall–Kier alpha value is -1.21. The summed E-state index contributed by atoms with van der Waals surface area (Å²) in [6, 6.07) is 3.62. The van der Waals surface area contributed by atoms with Gasteiger partial charge in [-0.05, 0) is 12.1 Å². The number of amides is 1. The number of rotatable bonds is 5. The monoisotopic (exact) mass is 299 g/mol. The van der Waals surface area contributed by atoms with Gasteiger partial charge in [-0.3, -0.25) is 4.79 Å². The van der Waals surface area contributed by atoms with Crippen LogP contribution < -0.4 is 11.1 Å². The number of methoxy groups -OCH3 is 1. The Kier molecular flexibility index (Phi) is 4.71. The number of hydrogen-bond acceptors (Lipinski definition) is 5. The molecule has 1 amide bonds. The van der Waals surface area contributed by atoms with Gasteiger partial charge in [-0.25, -0.2) is 4.98 Å². The van der Waals surface area contributed by atoms with Crippen molar-refractivity contribution in [1.82, 2.24) is 4.98 Å². The molecule has 1 heterocycles. The number of hydrogen-bond donors (Lipinski definition) is 2. The summed E-state index contributed by atoms with van der Waals surface area (Å²) >= 11 is 7.60. The summed E-state index contributed by atoms with van der Waals surface area (Å²) in [5.74, 6) is -0.195. The molecular formula is C12H14ClN3O2S. The molecule has 1 aromatic carbocycles. The Morgan fingerprint density at radius 1 is 1.63 bits per heavy atom. The third-order valence-electron chi connectivity index (χ3n) is 2.73. The van der Waals surface area contributed by atoms with E-state index in [1.807, 2.05) is 6.07 Å². The average molecular weight is 300 g/mol. The first-order chi connectivity index (χ1) is 9.15. The number of carbonyl (C=O) groups is 1. The normalized spacial score (nSPS) is 12.6. The van der Waals surface area contributed by atoms with Crippen molar-refractivity contribution in [3.63, 3.8) is 0 Å². The molecule has 1 unspecified atom stereocenters. The number of aromatic nitrogens is 1. The van der Waals surface area contributed by atoms with E-state index in [1.54, 1.807) is 11.6 Å². The second kappa shape index (κ2) is 6.29. The van der Waals surface area contributed by atoms with E-state index in [1.165, 1.54) is 18.4 Å². The number of ether oxygens (including phenoxy) is 1. The number of anilines is 1. The van der Waals surface area contributed by atoms with E-state index in [9.17, 15) is 4.79 Å². The quantitative estimate of drug-likeness (QED) is 0.888. The molecule has 0 aliphatic heterocycles. The SMILES string of the molecule is COC(CN)CC(=O)Nc1c(Cl)ccc2scnc12. The summed E-state index contributed by atoms with van der Waals surface area (Å²) in [5.41, 5.74) is 8.44. The Labute approximate surface area is 119 Å². The van der Waals surface area contributed by atoms with Gasteiger partial charge in [0.1, 0.15) is 5.52 Å². The number of benzene rings is 1. The minimum atomic E-state index is -0.298. The van der Waals surface area contributed by atoms with E-state index in [4.69, 9.17) is 22.1 Å². The van der Waals surface area contributed by atoms with Crippen molar-refractivity contribution in [3.8, 4) is 0 Å². The smallest absolute Gasteiger partial charge is 0.227 e. The average Bonchev–Trinajstić information content (AvgIpc) is 2.88. The van der Waals surface area contributed by atoms with Crippen LogP contribution in [0.3, 0.4) is 0 Å². The second-order valence-electron chi connectivity index (χ2n) is 3.97. The van der Waals surface area contributed by atoms with Gasteiger partial charge in [0.05, 0.1) is 33.4 Å². The molecule has 0 spiro atoms. The number of nitrogens with zero attached hydrogens (tertiary/aromatic N) is 1. The molecule has 3 N–H and O–H groups in total. The Bertz CT molecular complexity index is 583. The van der Waals surface area contributed by atoms with Gasteiger partial charge in [0, 0.05) is 13.7 Å². The highest BCUT2D eigenvalue weighted by molar-refractivity contribution is 7.16. The third kappa shape index (κ3) is 3.22. The van der Waals surface area contributed by atoms with E-state index < -0.39 is 0 Å². The van der Waals surface area contributed by atoms with Crippen LogP contribution in [-0.4, -0.2) is 30.6 Å². The fourth-order valence-corrected chi connectivity index (χ4v) is 2.57. The van der Waals surface area contributed by atoms with Crippen molar-refractivity contribution in [2.24, 2.45) is 5.73 Å². The van der Waals surface area contributed by atoms with Gasteiger partial charge in [0.15, 0.2) is 0 Å². The first kappa shape index (κ1) is 14.2. The maximum Gasteiger partial charge on any atom is 0.227 e. The first-order valence-electron chi connectivity index (χ1n) is 5.70. The molecule has 0 saturated carbocycles. The van der Waals surface area contributed by atoms with E-state index in [-0.39, 0.29) is 18.4 Å². The molecule has 0 saturated heterocycles. The Morgan fingerprint density at radius 2 is 2.42 bits per heavy atom. The summed E-state index contributed by atoms with van der Waals surface area (Å²) in [6.07, 6.45) is -0.113. The lowest BCUT2D eigenvalue weighted by Crippen LogP contribution is -2.28. The maximum atomic E-state index is 11.9. The number of nitrogens with one attached hydrogen (secondary N) is 1. The van der Waals surface area contributed by atoms with Crippen LogP contribution in [0.2, 0.25) is 5.02 Å². The lowest BCUT2D eigenvalue weighted by atomic mass is 10.2. The van der Waals surface area contributed by atoms with Crippen LogP contribution in [0, 0.1) is 0 Å². The molecule has 1 aromatic heterocycles. The highest BCUT2D eigenvalue weighted by Crippen LogP contribution is 2.32. The predicted molar refractivity (Wildman–Crippen MR) is 77.7 cm³/mol. The summed E-state index contributed by atoms with van der Waals surface area (Å²) in [7, 11) is 1.53. The van der Waals surface area contributed by atoms with E-state index in [0.29, 0.717) is 22.8 Å². The molecule has 19 heavy (non-hydrogen) atoms. The number of carbonyl (C=O) groups excluding carboxylic acids is 1.